The van der Waals surface area contributed by atoms with Crippen LogP contribution in [0.25, 0.3) is 0 Å². The third-order valence-electron chi connectivity index (χ3n) is 5.79. The van der Waals surface area contributed by atoms with Gasteiger partial charge in [-0.2, -0.15) is 0 Å². The van der Waals surface area contributed by atoms with Crippen LogP contribution < -0.4 is 9.04 Å². The fourth-order valence-corrected chi connectivity index (χ4v) is 5.29. The molecular weight excluding hydrogens is 456 g/mol. The number of esters is 1. The van der Waals surface area contributed by atoms with Gasteiger partial charge in [0, 0.05) is 13.1 Å². The smallest absolute Gasteiger partial charge is 0.309 e. The Morgan fingerprint density at radius 1 is 0.971 bits per heavy atom. The van der Waals surface area contributed by atoms with Crippen molar-refractivity contribution in [1.29, 1.82) is 0 Å². The van der Waals surface area contributed by atoms with Crippen molar-refractivity contribution in [2.24, 2.45) is 5.92 Å². The van der Waals surface area contributed by atoms with Gasteiger partial charge in [0.15, 0.2) is 0 Å². The van der Waals surface area contributed by atoms with Crippen molar-refractivity contribution in [2.45, 2.75) is 38.5 Å². The van der Waals surface area contributed by atoms with E-state index in [2.05, 4.69) is 0 Å². The molecule has 0 spiro atoms. The molecule has 0 N–H and O–H groups in total. The molecule has 2 aromatic carbocycles. The summed E-state index contributed by atoms with van der Waals surface area (Å²) in [5, 5.41) is 0. The standard InChI is InChI=1S/C25H32N2O6S/c1-4-32-22-10-8-21(9-11-22)27(34(30,31)23-12-6-19(3)7-13-23)18-24(28)26-16-14-20(15-17-26)25(29)33-5-2/h6-13,20H,4-5,14-18H2,1-3H3. The largest absolute Gasteiger partial charge is 0.494 e. The Morgan fingerprint density at radius 2 is 1.59 bits per heavy atom. The molecule has 0 radical (unpaired) electrons. The molecule has 1 fully saturated rings. The minimum atomic E-state index is -3.99. The first kappa shape index (κ1) is 25.6. The topological polar surface area (TPSA) is 93.2 Å². The Bertz CT molecular complexity index is 1080. The molecule has 0 saturated carbocycles. The van der Waals surface area contributed by atoms with Crippen LogP contribution in [0.1, 0.15) is 32.3 Å². The highest BCUT2D eigenvalue weighted by Gasteiger charge is 2.32. The number of aryl methyl sites for hydroxylation is 1. The number of piperidine rings is 1. The van der Waals surface area contributed by atoms with E-state index < -0.39 is 10.0 Å². The maximum absolute atomic E-state index is 13.5. The Morgan fingerprint density at radius 3 is 2.15 bits per heavy atom. The molecule has 0 bridgehead atoms. The molecule has 2 aromatic rings. The highest BCUT2D eigenvalue weighted by Crippen LogP contribution is 2.27. The zero-order chi connectivity index (χ0) is 24.7. The van der Waals surface area contributed by atoms with Gasteiger partial charge in [-0.3, -0.25) is 13.9 Å². The van der Waals surface area contributed by atoms with Gasteiger partial charge in [0.05, 0.1) is 29.7 Å². The number of amides is 1. The molecule has 3 rings (SSSR count). The van der Waals surface area contributed by atoms with Gasteiger partial charge in [0.2, 0.25) is 5.91 Å². The number of rotatable bonds is 9. The second-order valence-electron chi connectivity index (χ2n) is 8.16. The number of anilines is 1. The molecule has 0 unspecified atom stereocenters. The summed E-state index contributed by atoms with van der Waals surface area (Å²) < 4.78 is 38.8. The molecule has 1 heterocycles. The van der Waals surface area contributed by atoms with Gasteiger partial charge in [-0.15, -0.1) is 0 Å². The molecule has 184 valence electrons. The second-order valence-corrected chi connectivity index (χ2v) is 10.0. The SMILES string of the molecule is CCOC(=O)C1CCN(C(=O)CN(c2ccc(OCC)cc2)S(=O)(=O)c2ccc(C)cc2)CC1. The van der Waals surface area contributed by atoms with Crippen molar-refractivity contribution in [3.8, 4) is 5.75 Å². The van der Waals surface area contributed by atoms with E-state index in [0.717, 1.165) is 9.87 Å². The summed E-state index contributed by atoms with van der Waals surface area (Å²) in [6, 6.07) is 13.2. The summed E-state index contributed by atoms with van der Waals surface area (Å²) in [5.41, 5.74) is 1.31. The average molecular weight is 489 g/mol. The third-order valence-corrected chi connectivity index (χ3v) is 7.58. The van der Waals surface area contributed by atoms with Crippen molar-refractivity contribution in [1.82, 2.24) is 4.90 Å². The number of benzene rings is 2. The maximum Gasteiger partial charge on any atom is 0.309 e. The lowest BCUT2D eigenvalue weighted by molar-refractivity contribution is -0.151. The Balaban J connectivity index is 1.82. The van der Waals surface area contributed by atoms with Crippen LogP contribution in [0.3, 0.4) is 0 Å². The lowest BCUT2D eigenvalue weighted by Gasteiger charge is -2.33. The van der Waals surface area contributed by atoms with Crippen LogP contribution in [0.5, 0.6) is 5.75 Å². The quantitative estimate of drug-likeness (QED) is 0.503. The van der Waals surface area contributed by atoms with Gasteiger partial charge in [0.25, 0.3) is 10.0 Å². The number of nitrogens with zero attached hydrogens (tertiary/aromatic N) is 2. The van der Waals surface area contributed by atoms with Gasteiger partial charge in [-0.1, -0.05) is 17.7 Å². The van der Waals surface area contributed by atoms with E-state index >= 15 is 0 Å². The van der Waals surface area contributed by atoms with Crippen LogP contribution in [0.2, 0.25) is 0 Å². The van der Waals surface area contributed by atoms with Crippen molar-refractivity contribution in [3.05, 3.63) is 54.1 Å². The molecular formula is C25H32N2O6S. The first-order chi connectivity index (χ1) is 16.3. The van der Waals surface area contributed by atoms with Crippen LogP contribution in [0, 0.1) is 12.8 Å². The first-order valence-electron chi connectivity index (χ1n) is 11.5. The highest BCUT2D eigenvalue weighted by atomic mass is 32.2. The van der Waals surface area contributed by atoms with Crippen LogP contribution in [0.15, 0.2) is 53.4 Å². The van der Waals surface area contributed by atoms with E-state index in [9.17, 15) is 18.0 Å². The first-order valence-corrected chi connectivity index (χ1v) is 13.0. The summed E-state index contributed by atoms with van der Waals surface area (Å²) in [5.74, 6) is -0.173. The van der Waals surface area contributed by atoms with Gasteiger partial charge in [-0.25, -0.2) is 8.42 Å². The summed E-state index contributed by atoms with van der Waals surface area (Å²) >= 11 is 0. The number of likely N-dealkylation sites (tertiary alicyclic amines) is 1. The zero-order valence-corrected chi connectivity index (χ0v) is 20.7. The van der Waals surface area contributed by atoms with Crippen molar-refractivity contribution >= 4 is 27.6 Å². The van der Waals surface area contributed by atoms with Crippen LogP contribution in [-0.2, 0) is 24.3 Å². The molecule has 1 saturated heterocycles. The number of hydrogen-bond donors (Lipinski definition) is 0. The fourth-order valence-electron chi connectivity index (χ4n) is 3.88. The van der Waals surface area contributed by atoms with Gasteiger partial charge < -0.3 is 14.4 Å². The van der Waals surface area contributed by atoms with Crippen molar-refractivity contribution in [2.75, 3.05) is 37.2 Å². The third kappa shape index (κ3) is 6.08. The Labute approximate surface area is 201 Å². The van der Waals surface area contributed by atoms with E-state index in [0.29, 0.717) is 50.6 Å². The Kier molecular flexibility index (Phi) is 8.55. The molecule has 1 aliphatic heterocycles. The molecule has 9 heteroatoms. The van der Waals surface area contributed by atoms with Crippen molar-refractivity contribution in [3.63, 3.8) is 0 Å². The average Bonchev–Trinajstić information content (AvgIpc) is 2.83. The maximum atomic E-state index is 13.5. The molecule has 8 nitrogen and oxygen atoms in total. The van der Waals surface area contributed by atoms with Gasteiger partial charge >= 0.3 is 5.97 Å². The Hall–Kier alpha value is -3.07. The van der Waals surface area contributed by atoms with Crippen LogP contribution in [0.4, 0.5) is 5.69 Å². The zero-order valence-electron chi connectivity index (χ0n) is 19.9. The fraction of sp³-hybridized carbons (Fsp3) is 0.440. The molecule has 1 amide bonds. The number of carbonyl (C=O) groups is 2. The number of ether oxygens (including phenoxy) is 2. The van der Waals surface area contributed by atoms with E-state index in [-0.39, 0.29) is 29.2 Å². The molecule has 34 heavy (non-hydrogen) atoms. The van der Waals surface area contributed by atoms with Crippen LogP contribution >= 0.6 is 0 Å². The molecule has 0 atom stereocenters. The normalized spacial score (nSPS) is 14.5. The highest BCUT2D eigenvalue weighted by molar-refractivity contribution is 7.92. The summed E-state index contributed by atoms with van der Waals surface area (Å²) in [4.78, 5) is 26.9. The van der Waals surface area contributed by atoms with Crippen LogP contribution in [-0.4, -0.2) is 58.0 Å². The van der Waals surface area contributed by atoms with Gasteiger partial charge in [-0.05, 0) is 70.0 Å². The summed E-state index contributed by atoms with van der Waals surface area (Å²) in [7, 11) is -3.99. The van der Waals surface area contributed by atoms with E-state index in [1.54, 1.807) is 60.4 Å². The summed E-state index contributed by atoms with van der Waals surface area (Å²) in [6.07, 6.45) is 0.997. The van der Waals surface area contributed by atoms with Gasteiger partial charge in [0.1, 0.15) is 12.3 Å². The lowest BCUT2D eigenvalue weighted by Crippen LogP contribution is -2.46. The summed E-state index contributed by atoms with van der Waals surface area (Å²) in [6.45, 7) is 6.75. The predicted molar refractivity (Wildman–Crippen MR) is 129 cm³/mol. The second kappa shape index (κ2) is 11.4. The minimum Gasteiger partial charge on any atom is -0.494 e. The van der Waals surface area contributed by atoms with Crippen molar-refractivity contribution < 1.29 is 27.5 Å². The molecule has 0 aliphatic carbocycles. The van der Waals surface area contributed by atoms with E-state index in [1.165, 1.54) is 0 Å². The number of hydrogen-bond acceptors (Lipinski definition) is 6. The number of carbonyl (C=O) groups excluding carboxylic acids is 2. The number of sulfonamides is 1. The lowest BCUT2D eigenvalue weighted by atomic mass is 9.97. The molecule has 1 aliphatic rings. The predicted octanol–water partition coefficient (Wildman–Crippen LogP) is 3.39. The van der Waals surface area contributed by atoms with E-state index in [1.807, 2.05) is 13.8 Å². The van der Waals surface area contributed by atoms with E-state index in [4.69, 9.17) is 9.47 Å². The monoisotopic (exact) mass is 488 g/mol. The molecule has 0 aromatic heterocycles. The minimum absolute atomic E-state index is 0.112.